The van der Waals surface area contributed by atoms with E-state index in [0.717, 1.165) is 5.56 Å². The first-order chi connectivity index (χ1) is 9.69. The van der Waals surface area contributed by atoms with Gasteiger partial charge in [-0.3, -0.25) is 0 Å². The monoisotopic (exact) mass is 278 g/mol. The Bertz CT molecular complexity index is 415. The minimum atomic E-state index is 0.107. The summed E-state index contributed by atoms with van der Waals surface area (Å²) in [5, 5.41) is 22.5. The lowest BCUT2D eigenvalue weighted by Gasteiger charge is -2.32. The van der Waals surface area contributed by atoms with Crippen LogP contribution in [0.25, 0.3) is 0 Å². The molecule has 3 N–H and O–H groups in total. The highest BCUT2D eigenvalue weighted by Gasteiger charge is 2.18. The maximum atomic E-state index is 9.75. The number of rotatable bonds is 6. The van der Waals surface area contributed by atoms with Crippen LogP contribution in [0, 0.1) is 0 Å². The van der Waals surface area contributed by atoms with Gasteiger partial charge < -0.3 is 20.4 Å². The van der Waals surface area contributed by atoms with Gasteiger partial charge in [0.2, 0.25) is 0 Å². The summed E-state index contributed by atoms with van der Waals surface area (Å²) >= 11 is 0. The van der Waals surface area contributed by atoms with Gasteiger partial charge in [-0.1, -0.05) is 19.4 Å². The Morgan fingerprint density at radius 1 is 1.25 bits per heavy atom. The Balaban J connectivity index is 1.73. The molecule has 0 saturated carbocycles. The Kier molecular flexibility index (Phi) is 5.68. The van der Waals surface area contributed by atoms with Gasteiger partial charge in [0.25, 0.3) is 0 Å². The van der Waals surface area contributed by atoms with Crippen molar-refractivity contribution in [2.75, 3.05) is 19.6 Å². The zero-order valence-corrected chi connectivity index (χ0v) is 12.3. The molecule has 1 aromatic rings. The molecule has 0 bridgehead atoms. The van der Waals surface area contributed by atoms with E-state index >= 15 is 0 Å². The summed E-state index contributed by atoms with van der Waals surface area (Å²) in [6.07, 6.45) is 4.89. The molecule has 0 aliphatic carbocycles. The number of nitrogens with zero attached hydrogens (tertiary/aromatic N) is 1. The van der Waals surface area contributed by atoms with Crippen molar-refractivity contribution in [1.29, 1.82) is 0 Å². The van der Waals surface area contributed by atoms with E-state index in [0.29, 0.717) is 12.6 Å². The molecule has 0 aromatic heterocycles. The number of phenols is 2. The predicted molar refractivity (Wildman–Crippen MR) is 81.0 cm³/mol. The van der Waals surface area contributed by atoms with Gasteiger partial charge in [-0.05, 0) is 45.0 Å². The lowest BCUT2D eigenvalue weighted by Crippen LogP contribution is -2.42. The third-order valence-corrected chi connectivity index (χ3v) is 4.07. The van der Waals surface area contributed by atoms with Crippen molar-refractivity contribution in [3.63, 3.8) is 0 Å². The fourth-order valence-electron chi connectivity index (χ4n) is 2.70. The zero-order valence-electron chi connectivity index (χ0n) is 12.3. The Labute approximate surface area is 121 Å². The van der Waals surface area contributed by atoms with Crippen molar-refractivity contribution in [2.45, 2.75) is 45.2 Å². The molecule has 1 fully saturated rings. The van der Waals surface area contributed by atoms with Gasteiger partial charge in [0.05, 0.1) is 0 Å². The number of unbranched alkanes of at least 4 members (excludes halogenated alkanes) is 1. The number of likely N-dealkylation sites (tertiary alicyclic amines) is 1. The van der Waals surface area contributed by atoms with E-state index < -0.39 is 0 Å². The number of phenolic OH excluding ortho intramolecular Hbond substituents is 2. The third-order valence-electron chi connectivity index (χ3n) is 4.07. The van der Waals surface area contributed by atoms with E-state index in [2.05, 4.69) is 17.1 Å². The summed E-state index contributed by atoms with van der Waals surface area (Å²) < 4.78 is 0. The molecular weight excluding hydrogens is 252 g/mol. The second-order valence-corrected chi connectivity index (χ2v) is 5.66. The smallest absolute Gasteiger partial charge is 0.123 e. The fourth-order valence-corrected chi connectivity index (χ4v) is 2.70. The molecule has 2 rings (SSSR count). The van der Waals surface area contributed by atoms with Gasteiger partial charge in [0.15, 0.2) is 0 Å². The van der Waals surface area contributed by atoms with Crippen LogP contribution in [0.1, 0.15) is 38.2 Å². The quantitative estimate of drug-likeness (QED) is 0.748. The number of hydrogen-bond donors (Lipinski definition) is 3. The average molecular weight is 278 g/mol. The maximum absolute atomic E-state index is 9.75. The molecule has 20 heavy (non-hydrogen) atoms. The summed E-state index contributed by atoms with van der Waals surface area (Å²) in [4.78, 5) is 2.54. The molecule has 1 aliphatic heterocycles. The van der Waals surface area contributed by atoms with E-state index in [1.165, 1.54) is 51.4 Å². The summed E-state index contributed by atoms with van der Waals surface area (Å²) in [6, 6.07) is 5.31. The lowest BCUT2D eigenvalue weighted by atomic mass is 10.0. The first-order valence-corrected chi connectivity index (χ1v) is 7.65. The maximum Gasteiger partial charge on any atom is 0.123 e. The van der Waals surface area contributed by atoms with Gasteiger partial charge in [0, 0.05) is 24.2 Å². The van der Waals surface area contributed by atoms with E-state index in [1.807, 2.05) is 0 Å². The van der Waals surface area contributed by atoms with Crippen LogP contribution in [-0.4, -0.2) is 40.8 Å². The average Bonchev–Trinajstić information content (AvgIpc) is 2.45. The van der Waals surface area contributed by atoms with Crippen LogP contribution in [0.3, 0.4) is 0 Å². The van der Waals surface area contributed by atoms with Crippen LogP contribution >= 0.6 is 0 Å². The largest absolute Gasteiger partial charge is 0.508 e. The van der Waals surface area contributed by atoms with Crippen molar-refractivity contribution in [2.24, 2.45) is 0 Å². The molecule has 1 aliphatic rings. The van der Waals surface area contributed by atoms with Crippen LogP contribution in [0.15, 0.2) is 18.2 Å². The van der Waals surface area contributed by atoms with Crippen molar-refractivity contribution in [3.05, 3.63) is 23.8 Å². The first-order valence-electron chi connectivity index (χ1n) is 7.65. The molecule has 0 amide bonds. The number of piperidine rings is 1. The second kappa shape index (κ2) is 7.50. The van der Waals surface area contributed by atoms with Gasteiger partial charge in [-0.25, -0.2) is 0 Å². The summed E-state index contributed by atoms with van der Waals surface area (Å²) in [7, 11) is 0. The molecule has 0 spiro atoms. The highest BCUT2D eigenvalue weighted by molar-refractivity contribution is 5.38. The summed E-state index contributed by atoms with van der Waals surface area (Å²) in [5.74, 6) is 0.272. The van der Waals surface area contributed by atoms with Crippen molar-refractivity contribution >= 4 is 0 Å². The Morgan fingerprint density at radius 2 is 2.00 bits per heavy atom. The minimum Gasteiger partial charge on any atom is -0.508 e. The van der Waals surface area contributed by atoms with Crippen LogP contribution in [0.2, 0.25) is 0 Å². The molecule has 0 unspecified atom stereocenters. The molecule has 1 aromatic carbocycles. The topological polar surface area (TPSA) is 55.7 Å². The molecule has 4 nitrogen and oxygen atoms in total. The van der Waals surface area contributed by atoms with E-state index in [-0.39, 0.29) is 11.5 Å². The molecule has 1 heterocycles. The minimum absolute atomic E-state index is 0.107. The van der Waals surface area contributed by atoms with Gasteiger partial charge in [-0.15, -0.1) is 0 Å². The molecule has 0 atom stereocenters. The van der Waals surface area contributed by atoms with E-state index in [9.17, 15) is 10.2 Å². The van der Waals surface area contributed by atoms with Crippen molar-refractivity contribution < 1.29 is 10.2 Å². The normalized spacial score (nSPS) is 17.4. The molecule has 0 radical (unpaired) electrons. The van der Waals surface area contributed by atoms with Crippen LogP contribution in [0.4, 0.5) is 0 Å². The number of hydrogen-bond acceptors (Lipinski definition) is 4. The molecule has 1 saturated heterocycles. The first kappa shape index (κ1) is 15.1. The predicted octanol–water partition coefficient (Wildman–Crippen LogP) is 2.45. The molecule has 112 valence electrons. The summed E-state index contributed by atoms with van der Waals surface area (Å²) in [6.45, 7) is 6.45. The number of nitrogens with one attached hydrogen (secondary N) is 1. The van der Waals surface area contributed by atoms with Crippen LogP contribution < -0.4 is 5.32 Å². The van der Waals surface area contributed by atoms with Gasteiger partial charge in [0.1, 0.15) is 11.5 Å². The fraction of sp³-hybridized carbons (Fsp3) is 0.625. The van der Waals surface area contributed by atoms with Crippen molar-refractivity contribution in [1.82, 2.24) is 10.2 Å². The SMILES string of the molecule is CCCCN1CCC(NCc2ccc(O)cc2O)CC1. The molecule has 4 heteroatoms. The second-order valence-electron chi connectivity index (χ2n) is 5.66. The zero-order chi connectivity index (χ0) is 14.4. The standard InChI is InChI=1S/C16H26N2O2/c1-2-3-8-18-9-6-14(7-10-18)17-12-13-4-5-15(19)11-16(13)20/h4-5,11,14,17,19-20H,2-3,6-10,12H2,1H3. The lowest BCUT2D eigenvalue weighted by molar-refractivity contribution is 0.195. The van der Waals surface area contributed by atoms with E-state index in [1.54, 1.807) is 12.1 Å². The Morgan fingerprint density at radius 3 is 2.65 bits per heavy atom. The highest BCUT2D eigenvalue weighted by Crippen LogP contribution is 2.22. The van der Waals surface area contributed by atoms with Gasteiger partial charge in [-0.2, -0.15) is 0 Å². The summed E-state index contributed by atoms with van der Waals surface area (Å²) in [5.41, 5.74) is 0.844. The highest BCUT2D eigenvalue weighted by atomic mass is 16.3. The van der Waals surface area contributed by atoms with E-state index in [4.69, 9.17) is 0 Å². The number of aromatic hydroxyl groups is 2. The van der Waals surface area contributed by atoms with Crippen LogP contribution in [0.5, 0.6) is 11.5 Å². The van der Waals surface area contributed by atoms with Crippen LogP contribution in [-0.2, 0) is 6.54 Å². The van der Waals surface area contributed by atoms with Gasteiger partial charge >= 0.3 is 0 Å². The number of benzene rings is 1. The molecular formula is C16H26N2O2. The Hall–Kier alpha value is -1.26. The third kappa shape index (κ3) is 4.39. The van der Waals surface area contributed by atoms with Crippen molar-refractivity contribution in [3.8, 4) is 11.5 Å².